The molecule has 0 aromatic heterocycles. The Morgan fingerprint density at radius 2 is 2.00 bits per heavy atom. The Bertz CT molecular complexity index is 686. The Kier molecular flexibility index (Phi) is 5.21. The largest absolute Gasteiger partial charge is 0.377 e. The van der Waals surface area contributed by atoms with Gasteiger partial charge in [-0.1, -0.05) is 37.1 Å². The lowest BCUT2D eigenvalue weighted by Crippen LogP contribution is -2.69. The maximum Gasteiger partial charge on any atom is 0.194 e. The average molecular weight is 467 g/mol. The zero-order chi connectivity index (χ0) is 16.9. The number of aliphatic imine (C=N–C) groups is 1. The highest BCUT2D eigenvalue weighted by Gasteiger charge is 2.65. The van der Waals surface area contributed by atoms with Gasteiger partial charge in [0.05, 0.1) is 6.10 Å². The maximum atomic E-state index is 6.13. The van der Waals surface area contributed by atoms with Gasteiger partial charge in [0.25, 0.3) is 0 Å². The summed E-state index contributed by atoms with van der Waals surface area (Å²) in [6.07, 6.45) is 8.21. The van der Waals surface area contributed by atoms with E-state index in [1.54, 1.807) is 0 Å². The predicted octanol–water partition coefficient (Wildman–Crippen LogP) is 3.59. The van der Waals surface area contributed by atoms with Gasteiger partial charge in [0.15, 0.2) is 5.96 Å². The van der Waals surface area contributed by atoms with Crippen molar-refractivity contribution in [3.63, 3.8) is 0 Å². The summed E-state index contributed by atoms with van der Waals surface area (Å²) < 4.78 is 6.13. The molecule has 1 spiro atoms. The third-order valence-electron chi connectivity index (χ3n) is 7.21. The fourth-order valence-corrected chi connectivity index (χ4v) is 6.02. The minimum Gasteiger partial charge on any atom is -0.377 e. The van der Waals surface area contributed by atoms with E-state index in [1.807, 2.05) is 7.05 Å². The zero-order valence-corrected chi connectivity index (χ0v) is 17.9. The molecule has 3 unspecified atom stereocenters. The van der Waals surface area contributed by atoms with Crippen molar-refractivity contribution in [2.45, 2.75) is 57.2 Å². The highest BCUT2D eigenvalue weighted by atomic mass is 127. The molecule has 4 nitrogen and oxygen atoms in total. The van der Waals surface area contributed by atoms with Crippen molar-refractivity contribution in [2.24, 2.45) is 16.3 Å². The highest BCUT2D eigenvalue weighted by molar-refractivity contribution is 14.0. The third kappa shape index (κ3) is 2.77. The van der Waals surface area contributed by atoms with Crippen molar-refractivity contribution in [2.75, 3.05) is 20.2 Å². The first-order valence-electron chi connectivity index (χ1n) is 9.98. The van der Waals surface area contributed by atoms with Gasteiger partial charge in [0, 0.05) is 44.1 Å². The molecule has 1 N–H and O–H groups in total. The summed E-state index contributed by atoms with van der Waals surface area (Å²) in [5.74, 6) is 1.78. The summed E-state index contributed by atoms with van der Waals surface area (Å²) in [6.45, 7) is 2.98. The highest BCUT2D eigenvalue weighted by Crippen LogP contribution is 2.60. The molecule has 26 heavy (non-hydrogen) atoms. The van der Waals surface area contributed by atoms with Crippen LogP contribution in [-0.4, -0.2) is 43.2 Å². The smallest absolute Gasteiger partial charge is 0.194 e. The van der Waals surface area contributed by atoms with Crippen LogP contribution in [0.4, 0.5) is 0 Å². The molecule has 4 aliphatic rings. The van der Waals surface area contributed by atoms with E-state index in [1.165, 1.54) is 43.2 Å². The first kappa shape index (κ1) is 18.5. The van der Waals surface area contributed by atoms with Gasteiger partial charge in [0.1, 0.15) is 0 Å². The van der Waals surface area contributed by atoms with E-state index >= 15 is 0 Å². The van der Waals surface area contributed by atoms with Gasteiger partial charge in [-0.15, -0.1) is 24.0 Å². The van der Waals surface area contributed by atoms with E-state index in [4.69, 9.17) is 4.74 Å². The molecule has 0 radical (unpaired) electrons. The molecule has 0 bridgehead atoms. The van der Waals surface area contributed by atoms with E-state index in [-0.39, 0.29) is 24.0 Å². The van der Waals surface area contributed by atoms with Crippen molar-refractivity contribution in [1.29, 1.82) is 0 Å². The topological polar surface area (TPSA) is 36.9 Å². The summed E-state index contributed by atoms with van der Waals surface area (Å²) >= 11 is 0. The third-order valence-corrected chi connectivity index (χ3v) is 7.21. The molecule has 2 heterocycles. The summed E-state index contributed by atoms with van der Waals surface area (Å²) in [5.41, 5.74) is 3.32. The van der Waals surface area contributed by atoms with E-state index in [2.05, 4.69) is 39.5 Å². The van der Waals surface area contributed by atoms with Crippen LogP contribution in [-0.2, 0) is 17.7 Å². The van der Waals surface area contributed by atoms with Crippen LogP contribution in [0.1, 0.15) is 43.2 Å². The molecular formula is C21H30IN3O. The molecule has 3 atom stereocenters. The van der Waals surface area contributed by atoms with Crippen LogP contribution in [0.5, 0.6) is 0 Å². The second-order valence-corrected chi connectivity index (χ2v) is 8.29. The summed E-state index contributed by atoms with van der Waals surface area (Å²) in [6, 6.07) is 9.39. The van der Waals surface area contributed by atoms with Gasteiger partial charge in [-0.2, -0.15) is 0 Å². The number of benzene rings is 1. The van der Waals surface area contributed by atoms with Crippen molar-refractivity contribution in [3.8, 4) is 0 Å². The number of nitrogens with zero attached hydrogens (tertiary/aromatic N) is 2. The predicted molar refractivity (Wildman–Crippen MR) is 115 cm³/mol. The second kappa shape index (κ2) is 7.30. The number of nitrogens with one attached hydrogen (secondary N) is 1. The summed E-state index contributed by atoms with van der Waals surface area (Å²) in [7, 11) is 1.94. The molecule has 0 amide bonds. The Balaban J connectivity index is 0.00000168. The van der Waals surface area contributed by atoms with Crippen molar-refractivity contribution >= 4 is 29.9 Å². The normalized spacial score (nSPS) is 31.8. The molecule has 142 valence electrons. The van der Waals surface area contributed by atoms with Crippen LogP contribution in [0.15, 0.2) is 29.3 Å². The zero-order valence-electron chi connectivity index (χ0n) is 15.6. The maximum absolute atomic E-state index is 6.13. The lowest BCUT2D eigenvalue weighted by Gasteiger charge is -2.57. The summed E-state index contributed by atoms with van der Waals surface area (Å²) in [5, 5.41) is 3.90. The number of hydrogen-bond acceptors (Lipinski definition) is 2. The molecule has 1 aromatic rings. The average Bonchev–Trinajstić information content (AvgIpc) is 3.31. The van der Waals surface area contributed by atoms with Crippen molar-refractivity contribution < 1.29 is 4.74 Å². The SMILES string of the molecule is CN=C(NC1C2CCOC2C12CCCC2)N1CCc2ccccc2C1.I. The first-order chi connectivity index (χ1) is 12.3. The number of hydrogen-bond donors (Lipinski definition) is 1. The van der Waals surface area contributed by atoms with Crippen LogP contribution < -0.4 is 5.32 Å². The van der Waals surface area contributed by atoms with Gasteiger partial charge >= 0.3 is 0 Å². The number of halogens is 1. The fraction of sp³-hybridized carbons (Fsp3) is 0.667. The van der Waals surface area contributed by atoms with Gasteiger partial charge < -0.3 is 15.0 Å². The van der Waals surface area contributed by atoms with E-state index < -0.39 is 0 Å². The van der Waals surface area contributed by atoms with Crippen LogP contribution >= 0.6 is 24.0 Å². The summed E-state index contributed by atoms with van der Waals surface area (Å²) in [4.78, 5) is 7.10. The van der Waals surface area contributed by atoms with E-state index in [0.29, 0.717) is 23.5 Å². The van der Waals surface area contributed by atoms with Gasteiger partial charge in [0.2, 0.25) is 0 Å². The number of fused-ring (bicyclic) bond motifs is 3. The van der Waals surface area contributed by atoms with Crippen LogP contribution in [0, 0.1) is 11.3 Å². The Morgan fingerprint density at radius 3 is 2.77 bits per heavy atom. The van der Waals surface area contributed by atoms with Crippen LogP contribution in [0.25, 0.3) is 0 Å². The minimum atomic E-state index is 0. The van der Waals surface area contributed by atoms with Crippen LogP contribution in [0.3, 0.4) is 0 Å². The number of guanidine groups is 1. The van der Waals surface area contributed by atoms with Gasteiger partial charge in [-0.05, 0) is 36.8 Å². The lowest BCUT2D eigenvalue weighted by atomic mass is 9.54. The molecule has 2 aliphatic heterocycles. The van der Waals surface area contributed by atoms with Crippen LogP contribution in [0.2, 0.25) is 0 Å². The van der Waals surface area contributed by atoms with Crippen molar-refractivity contribution in [3.05, 3.63) is 35.4 Å². The second-order valence-electron chi connectivity index (χ2n) is 8.29. The van der Waals surface area contributed by atoms with E-state index in [9.17, 15) is 0 Å². The molecule has 5 rings (SSSR count). The molecule has 2 saturated carbocycles. The molecule has 2 aliphatic carbocycles. The van der Waals surface area contributed by atoms with E-state index in [0.717, 1.165) is 32.1 Å². The Morgan fingerprint density at radius 1 is 1.23 bits per heavy atom. The van der Waals surface area contributed by atoms with Gasteiger partial charge in [-0.25, -0.2) is 0 Å². The fourth-order valence-electron chi connectivity index (χ4n) is 6.02. The first-order valence-corrected chi connectivity index (χ1v) is 9.98. The molecule has 1 saturated heterocycles. The standard InChI is InChI=1S/C21H29N3O.HI/c1-22-20(24-12-8-15-6-2-3-7-16(15)14-24)23-18-17-9-13-25-19(17)21(18)10-4-5-11-21;/h2-3,6-7,17-19H,4-5,8-14H2,1H3,(H,22,23);1H. The Hall–Kier alpha value is -0.820. The molecular weight excluding hydrogens is 437 g/mol. The Labute approximate surface area is 173 Å². The number of ether oxygens (including phenoxy) is 1. The monoisotopic (exact) mass is 467 g/mol. The molecule has 1 aromatic carbocycles. The van der Waals surface area contributed by atoms with Crippen molar-refractivity contribution in [1.82, 2.24) is 10.2 Å². The minimum absolute atomic E-state index is 0. The molecule has 5 heteroatoms. The number of rotatable bonds is 1. The van der Waals surface area contributed by atoms with Gasteiger partial charge in [-0.3, -0.25) is 4.99 Å². The quantitative estimate of drug-likeness (QED) is 0.390. The molecule has 3 fully saturated rings. The lowest BCUT2D eigenvalue weighted by molar-refractivity contribution is -0.125.